The zero-order valence-electron chi connectivity index (χ0n) is 37.0. The summed E-state index contributed by atoms with van der Waals surface area (Å²) < 4.78 is 0. The molecule has 6 rings (SSSR count). The molecule has 1 heterocycles. The third kappa shape index (κ3) is 13.8. The van der Waals surface area contributed by atoms with Crippen LogP contribution in [-0.2, 0) is 32.3 Å². The third-order valence-electron chi connectivity index (χ3n) is 12.2. The Morgan fingerprint density at radius 3 is 1.52 bits per heavy atom. The number of rotatable bonds is 15. The van der Waals surface area contributed by atoms with Gasteiger partial charge in [-0.25, -0.2) is 0 Å². The molecule has 1 aliphatic heterocycles. The van der Waals surface area contributed by atoms with Crippen LogP contribution >= 0.6 is 0 Å². The summed E-state index contributed by atoms with van der Waals surface area (Å²) in [5, 5.41) is 26.9. The number of amides is 4. The molecule has 6 atom stereocenters. The molecule has 4 aromatic rings. The standard InChI is InChI=1S/C26H34N4O2.C25H31N3O2/c1-4-30-15-14-23(22-8-6-5-7-9-22)16-24(30)26(32)29-19(3)25(31)28-17-20-10-12-21(13-11-20)18(2)27;1-17(26)20-13-11-19(12-14-20)16-27-24(29)18(2)28-25(30)23-10-6-9-22(15-23)21-7-4-3-5-8-21/h5-13,19,23-24,27H,4,14-17H2,1-3H3,(H,28,31)(H,29,32);3-5,7-8,11-14,18,22-23,26H,6,9-10,15-16H2,1-2H3,(H,27,29)(H,28,30)/t19-,23-,24+;18-,22-,23+/m00/s1. The number of benzene rings is 4. The van der Waals surface area contributed by atoms with E-state index in [9.17, 15) is 19.2 Å². The zero-order chi connectivity index (χ0) is 44.6. The average molecular weight is 840 g/mol. The Morgan fingerprint density at radius 2 is 1.06 bits per heavy atom. The van der Waals surface area contributed by atoms with E-state index in [-0.39, 0.29) is 35.6 Å². The third-order valence-corrected chi connectivity index (χ3v) is 12.2. The fourth-order valence-corrected chi connectivity index (χ4v) is 8.35. The van der Waals surface area contributed by atoms with Crippen LogP contribution in [0.1, 0.15) is 118 Å². The van der Waals surface area contributed by atoms with E-state index in [0.29, 0.717) is 36.3 Å². The van der Waals surface area contributed by atoms with Crippen molar-refractivity contribution >= 4 is 35.1 Å². The maximum Gasteiger partial charge on any atom is 0.242 e. The van der Waals surface area contributed by atoms with E-state index < -0.39 is 12.1 Å². The Morgan fingerprint density at radius 1 is 0.613 bits per heavy atom. The number of likely N-dealkylation sites (N-methyl/N-ethyl adjacent to an activating group) is 1. The molecule has 11 nitrogen and oxygen atoms in total. The van der Waals surface area contributed by atoms with Gasteiger partial charge in [-0.15, -0.1) is 0 Å². The highest BCUT2D eigenvalue weighted by molar-refractivity contribution is 5.96. The van der Waals surface area contributed by atoms with Crippen LogP contribution in [-0.4, -0.2) is 71.2 Å². The minimum atomic E-state index is -0.610. The second-order valence-corrected chi connectivity index (χ2v) is 16.8. The zero-order valence-corrected chi connectivity index (χ0v) is 37.0. The molecule has 0 bridgehead atoms. The highest BCUT2D eigenvalue weighted by Gasteiger charge is 2.34. The smallest absolute Gasteiger partial charge is 0.242 e. The summed E-state index contributed by atoms with van der Waals surface area (Å²) >= 11 is 0. The molecular formula is C51H65N7O4. The van der Waals surface area contributed by atoms with Crippen LogP contribution < -0.4 is 21.3 Å². The summed E-state index contributed by atoms with van der Waals surface area (Å²) in [7, 11) is 0. The Labute approximate surface area is 367 Å². The molecule has 0 aromatic heterocycles. The number of carbonyl (C=O) groups is 4. The van der Waals surface area contributed by atoms with Crippen LogP contribution in [0.4, 0.5) is 0 Å². The number of carbonyl (C=O) groups excluding carboxylic acids is 4. The summed E-state index contributed by atoms with van der Waals surface area (Å²) in [6, 6.07) is 34.5. The molecule has 62 heavy (non-hydrogen) atoms. The first kappa shape index (κ1) is 47.1. The van der Waals surface area contributed by atoms with E-state index in [2.05, 4.69) is 57.4 Å². The van der Waals surface area contributed by atoms with Crippen LogP contribution in [0.5, 0.6) is 0 Å². The van der Waals surface area contributed by atoms with Crippen molar-refractivity contribution in [1.29, 1.82) is 10.8 Å². The maximum atomic E-state index is 13.1. The van der Waals surface area contributed by atoms with Crippen LogP contribution in [0.2, 0.25) is 0 Å². The van der Waals surface area contributed by atoms with Crippen LogP contribution in [0.25, 0.3) is 0 Å². The van der Waals surface area contributed by atoms with Crippen molar-refractivity contribution in [3.05, 3.63) is 143 Å². The van der Waals surface area contributed by atoms with Gasteiger partial charge in [0.1, 0.15) is 12.1 Å². The van der Waals surface area contributed by atoms with Gasteiger partial charge >= 0.3 is 0 Å². The molecule has 0 spiro atoms. The van der Waals surface area contributed by atoms with Crippen LogP contribution in [0.15, 0.2) is 109 Å². The first-order valence-corrected chi connectivity index (χ1v) is 22.1. The van der Waals surface area contributed by atoms with E-state index in [1.807, 2.05) is 84.9 Å². The monoisotopic (exact) mass is 840 g/mol. The van der Waals surface area contributed by atoms with E-state index in [4.69, 9.17) is 10.8 Å². The average Bonchev–Trinajstić information content (AvgIpc) is 3.30. The Balaban J connectivity index is 0.000000235. The summed E-state index contributed by atoms with van der Waals surface area (Å²) in [5.74, 6) is 0.218. The molecule has 1 aliphatic carbocycles. The summed E-state index contributed by atoms with van der Waals surface area (Å²) in [4.78, 5) is 53.0. The normalized spacial score (nSPS) is 19.6. The molecule has 11 heteroatoms. The van der Waals surface area contributed by atoms with Crippen molar-refractivity contribution in [1.82, 2.24) is 26.2 Å². The number of piperidine rings is 1. The van der Waals surface area contributed by atoms with Crippen molar-refractivity contribution in [2.45, 2.75) is 116 Å². The number of likely N-dealkylation sites (tertiary alicyclic amines) is 1. The quantitative estimate of drug-likeness (QED) is 0.0677. The molecule has 328 valence electrons. The first-order valence-electron chi connectivity index (χ1n) is 22.1. The molecule has 0 radical (unpaired) electrons. The SMILES string of the molecule is CC(=N)c1ccc(CNC(=O)[C@H](C)NC(=O)[C@@H]2CCC[C@H](c3ccccc3)C2)cc1.CCN1CC[C@H](c2ccccc2)C[C@@H]1C(=O)N[C@@H](C)C(=O)NCc1ccc(C(C)=N)cc1. The predicted octanol–water partition coefficient (Wildman–Crippen LogP) is 7.63. The van der Waals surface area contributed by atoms with Gasteiger partial charge in [-0.05, 0) is 118 Å². The molecule has 6 N–H and O–H groups in total. The van der Waals surface area contributed by atoms with Gasteiger partial charge in [0, 0.05) is 30.4 Å². The molecule has 1 saturated heterocycles. The van der Waals surface area contributed by atoms with Crippen molar-refractivity contribution in [3.8, 4) is 0 Å². The second kappa shape index (κ2) is 23.3. The number of hydrogen-bond donors (Lipinski definition) is 6. The van der Waals surface area contributed by atoms with Gasteiger partial charge in [0.05, 0.1) is 6.04 Å². The second-order valence-electron chi connectivity index (χ2n) is 16.8. The molecule has 2 aliphatic rings. The fraction of sp³-hybridized carbons (Fsp3) is 0.412. The van der Waals surface area contributed by atoms with Crippen molar-refractivity contribution < 1.29 is 19.2 Å². The molecule has 0 unspecified atom stereocenters. The molecule has 4 aromatic carbocycles. The van der Waals surface area contributed by atoms with Crippen molar-refractivity contribution in [2.75, 3.05) is 13.1 Å². The van der Waals surface area contributed by atoms with Crippen LogP contribution in [0, 0.1) is 16.7 Å². The lowest BCUT2D eigenvalue weighted by Crippen LogP contribution is -2.54. The van der Waals surface area contributed by atoms with E-state index in [1.54, 1.807) is 27.7 Å². The molecule has 1 saturated carbocycles. The minimum Gasteiger partial charge on any atom is -0.350 e. The number of nitrogens with zero attached hydrogens (tertiary/aromatic N) is 1. The Hall–Kier alpha value is -5.94. The van der Waals surface area contributed by atoms with E-state index in [1.165, 1.54) is 11.1 Å². The van der Waals surface area contributed by atoms with Crippen molar-refractivity contribution in [3.63, 3.8) is 0 Å². The highest BCUT2D eigenvalue weighted by Crippen LogP contribution is 2.36. The number of hydrogen-bond acceptors (Lipinski definition) is 7. The molecular weight excluding hydrogens is 775 g/mol. The summed E-state index contributed by atoms with van der Waals surface area (Å²) in [6.45, 7) is 11.5. The fourth-order valence-electron chi connectivity index (χ4n) is 8.35. The Kier molecular flexibility index (Phi) is 17.7. The summed E-state index contributed by atoms with van der Waals surface area (Å²) in [5.41, 5.74) is 7.24. The Bertz CT molecular complexity index is 2110. The van der Waals surface area contributed by atoms with Gasteiger partial charge in [-0.1, -0.05) is 123 Å². The van der Waals surface area contributed by atoms with Gasteiger partial charge in [0.15, 0.2) is 0 Å². The topological polar surface area (TPSA) is 167 Å². The van der Waals surface area contributed by atoms with Gasteiger partial charge in [0.25, 0.3) is 0 Å². The molecule has 4 amide bonds. The largest absolute Gasteiger partial charge is 0.350 e. The molecule has 2 fully saturated rings. The number of nitrogens with one attached hydrogen (secondary N) is 6. The van der Waals surface area contributed by atoms with Gasteiger partial charge < -0.3 is 32.1 Å². The lowest BCUT2D eigenvalue weighted by atomic mass is 9.77. The van der Waals surface area contributed by atoms with Gasteiger partial charge in [0.2, 0.25) is 23.6 Å². The summed E-state index contributed by atoms with van der Waals surface area (Å²) in [6.07, 6.45) is 5.65. The van der Waals surface area contributed by atoms with E-state index >= 15 is 0 Å². The maximum absolute atomic E-state index is 13.1. The minimum absolute atomic E-state index is 0.0240. The highest BCUT2D eigenvalue weighted by atomic mass is 16.2. The van der Waals surface area contributed by atoms with Crippen LogP contribution in [0.3, 0.4) is 0 Å². The van der Waals surface area contributed by atoms with Gasteiger partial charge in [-0.2, -0.15) is 0 Å². The lowest BCUT2D eigenvalue weighted by molar-refractivity contribution is -0.132. The van der Waals surface area contributed by atoms with Gasteiger partial charge in [-0.3, -0.25) is 24.1 Å². The van der Waals surface area contributed by atoms with E-state index in [0.717, 1.165) is 73.9 Å². The lowest BCUT2D eigenvalue weighted by Gasteiger charge is -2.38. The first-order chi connectivity index (χ1) is 29.8. The van der Waals surface area contributed by atoms with Crippen molar-refractivity contribution in [2.24, 2.45) is 5.92 Å². The predicted molar refractivity (Wildman–Crippen MR) is 247 cm³/mol.